The molecule has 0 amide bonds. The number of benzene rings is 1. The van der Waals surface area contributed by atoms with Crippen LogP contribution in [0.4, 0.5) is 0 Å². The smallest absolute Gasteiger partial charge is 0.0469 e. The van der Waals surface area contributed by atoms with Crippen LogP contribution < -0.4 is 5.32 Å². The lowest BCUT2D eigenvalue weighted by atomic mass is 9.75. The van der Waals surface area contributed by atoms with Crippen molar-refractivity contribution in [3.8, 4) is 0 Å². The number of hydrogen-bond acceptors (Lipinski definition) is 2. The molecule has 1 saturated heterocycles. The SMILES string of the molecule is Brc1cccc(C2CC(NCC3CCOCC3)C2)c1. The summed E-state index contributed by atoms with van der Waals surface area (Å²) in [4.78, 5) is 0. The topological polar surface area (TPSA) is 21.3 Å². The Bertz CT molecular complexity index is 411. The van der Waals surface area contributed by atoms with Crippen molar-refractivity contribution in [1.82, 2.24) is 5.32 Å². The van der Waals surface area contributed by atoms with Gasteiger partial charge >= 0.3 is 0 Å². The first kappa shape index (κ1) is 13.6. The van der Waals surface area contributed by atoms with Crippen LogP contribution in [0, 0.1) is 5.92 Å². The Morgan fingerprint density at radius 2 is 2.00 bits per heavy atom. The van der Waals surface area contributed by atoms with Gasteiger partial charge in [0.25, 0.3) is 0 Å². The molecule has 1 heterocycles. The largest absolute Gasteiger partial charge is 0.381 e. The number of rotatable bonds is 4. The van der Waals surface area contributed by atoms with Gasteiger partial charge in [0.15, 0.2) is 0 Å². The minimum Gasteiger partial charge on any atom is -0.381 e. The molecule has 0 bridgehead atoms. The molecule has 3 rings (SSSR count). The molecule has 0 spiro atoms. The molecule has 0 unspecified atom stereocenters. The van der Waals surface area contributed by atoms with Crippen LogP contribution in [0.25, 0.3) is 0 Å². The molecule has 19 heavy (non-hydrogen) atoms. The van der Waals surface area contributed by atoms with E-state index in [1.54, 1.807) is 0 Å². The summed E-state index contributed by atoms with van der Waals surface area (Å²) >= 11 is 3.55. The maximum atomic E-state index is 5.40. The van der Waals surface area contributed by atoms with E-state index < -0.39 is 0 Å². The summed E-state index contributed by atoms with van der Waals surface area (Å²) in [7, 11) is 0. The molecule has 1 saturated carbocycles. The van der Waals surface area contributed by atoms with Crippen molar-refractivity contribution < 1.29 is 4.74 Å². The van der Waals surface area contributed by atoms with E-state index >= 15 is 0 Å². The zero-order valence-corrected chi connectivity index (χ0v) is 12.9. The minimum atomic E-state index is 0.729. The third kappa shape index (κ3) is 3.59. The molecule has 0 radical (unpaired) electrons. The third-order valence-corrected chi connectivity index (χ3v) is 4.99. The molecule has 2 nitrogen and oxygen atoms in total. The molecule has 1 aliphatic carbocycles. The van der Waals surface area contributed by atoms with Gasteiger partial charge in [-0.15, -0.1) is 0 Å². The van der Waals surface area contributed by atoms with E-state index in [2.05, 4.69) is 45.5 Å². The van der Waals surface area contributed by atoms with Crippen LogP contribution in [0.3, 0.4) is 0 Å². The molecular formula is C16H22BrNO. The Morgan fingerprint density at radius 1 is 1.21 bits per heavy atom. The van der Waals surface area contributed by atoms with E-state index in [9.17, 15) is 0 Å². The van der Waals surface area contributed by atoms with Crippen molar-refractivity contribution in [2.75, 3.05) is 19.8 Å². The predicted molar refractivity (Wildman–Crippen MR) is 81.5 cm³/mol. The molecule has 1 aromatic rings. The van der Waals surface area contributed by atoms with Gasteiger partial charge in [0, 0.05) is 23.7 Å². The average molecular weight is 324 g/mol. The number of hydrogen-bond donors (Lipinski definition) is 1. The van der Waals surface area contributed by atoms with Crippen molar-refractivity contribution >= 4 is 15.9 Å². The summed E-state index contributed by atoms with van der Waals surface area (Å²) < 4.78 is 6.60. The summed E-state index contributed by atoms with van der Waals surface area (Å²) in [5.41, 5.74) is 1.48. The Labute approximate surface area is 124 Å². The molecule has 2 fully saturated rings. The highest BCUT2D eigenvalue weighted by molar-refractivity contribution is 9.10. The lowest BCUT2D eigenvalue weighted by Crippen LogP contribution is -2.42. The first-order valence-corrected chi connectivity index (χ1v) is 8.17. The zero-order chi connectivity index (χ0) is 13.1. The number of nitrogens with one attached hydrogen (secondary N) is 1. The van der Waals surface area contributed by atoms with E-state index in [4.69, 9.17) is 4.74 Å². The van der Waals surface area contributed by atoms with Crippen LogP contribution >= 0.6 is 15.9 Å². The maximum absolute atomic E-state index is 5.40. The fourth-order valence-corrected chi connectivity index (χ4v) is 3.52. The highest BCUT2D eigenvalue weighted by Crippen LogP contribution is 2.37. The van der Waals surface area contributed by atoms with Gasteiger partial charge in [-0.05, 0) is 61.8 Å². The van der Waals surface area contributed by atoms with Gasteiger partial charge in [-0.2, -0.15) is 0 Å². The fourth-order valence-electron chi connectivity index (χ4n) is 3.10. The lowest BCUT2D eigenvalue weighted by molar-refractivity contribution is 0.0640. The van der Waals surface area contributed by atoms with Crippen LogP contribution in [0.5, 0.6) is 0 Å². The van der Waals surface area contributed by atoms with Crippen LogP contribution in [-0.4, -0.2) is 25.8 Å². The fraction of sp³-hybridized carbons (Fsp3) is 0.625. The van der Waals surface area contributed by atoms with Crippen LogP contribution in [0.1, 0.15) is 37.2 Å². The Balaban J connectivity index is 1.40. The first-order chi connectivity index (χ1) is 9.31. The summed E-state index contributed by atoms with van der Waals surface area (Å²) in [6.07, 6.45) is 5.04. The van der Waals surface area contributed by atoms with Crippen LogP contribution in [0.15, 0.2) is 28.7 Å². The van der Waals surface area contributed by atoms with Crippen LogP contribution in [0.2, 0.25) is 0 Å². The molecule has 3 heteroatoms. The highest BCUT2D eigenvalue weighted by atomic mass is 79.9. The van der Waals surface area contributed by atoms with Crippen molar-refractivity contribution in [2.24, 2.45) is 5.92 Å². The Hall–Kier alpha value is -0.380. The Kier molecular flexibility index (Phi) is 4.57. The normalized spacial score (nSPS) is 28.1. The van der Waals surface area contributed by atoms with E-state index in [0.29, 0.717) is 0 Å². The second kappa shape index (κ2) is 6.38. The zero-order valence-electron chi connectivity index (χ0n) is 11.3. The predicted octanol–water partition coefficient (Wildman–Crippen LogP) is 3.71. The monoisotopic (exact) mass is 323 g/mol. The lowest BCUT2D eigenvalue weighted by Gasteiger charge is -2.37. The maximum Gasteiger partial charge on any atom is 0.0469 e. The van der Waals surface area contributed by atoms with Crippen molar-refractivity contribution in [3.63, 3.8) is 0 Å². The molecule has 0 atom stereocenters. The highest BCUT2D eigenvalue weighted by Gasteiger charge is 2.30. The summed E-state index contributed by atoms with van der Waals surface area (Å²) in [5, 5.41) is 3.74. The molecule has 0 aromatic heterocycles. The van der Waals surface area contributed by atoms with Crippen molar-refractivity contribution in [3.05, 3.63) is 34.3 Å². The van der Waals surface area contributed by atoms with Gasteiger partial charge in [0.05, 0.1) is 0 Å². The van der Waals surface area contributed by atoms with E-state index in [1.165, 1.54) is 42.3 Å². The van der Waals surface area contributed by atoms with Crippen LogP contribution in [-0.2, 0) is 4.74 Å². The van der Waals surface area contributed by atoms with Gasteiger partial charge in [-0.25, -0.2) is 0 Å². The molecular weight excluding hydrogens is 302 g/mol. The number of halogens is 1. The van der Waals surface area contributed by atoms with Gasteiger partial charge in [-0.3, -0.25) is 0 Å². The minimum absolute atomic E-state index is 0.729. The summed E-state index contributed by atoms with van der Waals surface area (Å²) in [6.45, 7) is 3.09. The van der Waals surface area contributed by atoms with Gasteiger partial charge in [-0.1, -0.05) is 28.1 Å². The molecule has 1 N–H and O–H groups in total. The third-order valence-electron chi connectivity index (χ3n) is 4.49. The van der Waals surface area contributed by atoms with Gasteiger partial charge in [0.1, 0.15) is 0 Å². The standard InChI is InChI=1S/C16H22BrNO/c17-15-3-1-2-13(8-15)14-9-16(10-14)18-11-12-4-6-19-7-5-12/h1-3,8,12,14,16,18H,4-7,9-11H2. The van der Waals surface area contributed by atoms with Crippen molar-refractivity contribution in [1.29, 1.82) is 0 Å². The molecule has 1 aromatic carbocycles. The summed E-state index contributed by atoms with van der Waals surface area (Å²) in [6, 6.07) is 9.49. The van der Waals surface area contributed by atoms with E-state index in [-0.39, 0.29) is 0 Å². The first-order valence-electron chi connectivity index (χ1n) is 7.38. The average Bonchev–Trinajstić information content (AvgIpc) is 2.38. The second-order valence-corrected chi connectivity index (χ2v) is 6.80. The Morgan fingerprint density at radius 3 is 2.74 bits per heavy atom. The van der Waals surface area contributed by atoms with E-state index in [0.717, 1.165) is 31.1 Å². The molecule has 2 aliphatic rings. The van der Waals surface area contributed by atoms with Gasteiger partial charge in [0.2, 0.25) is 0 Å². The van der Waals surface area contributed by atoms with E-state index in [1.807, 2.05) is 0 Å². The second-order valence-electron chi connectivity index (χ2n) is 5.88. The van der Waals surface area contributed by atoms with Crippen molar-refractivity contribution in [2.45, 2.75) is 37.6 Å². The summed E-state index contributed by atoms with van der Waals surface area (Å²) in [5.74, 6) is 1.59. The quantitative estimate of drug-likeness (QED) is 0.912. The molecule has 1 aliphatic heterocycles. The molecule has 104 valence electrons. The number of ether oxygens (including phenoxy) is 1. The van der Waals surface area contributed by atoms with Gasteiger partial charge < -0.3 is 10.1 Å².